The molecule has 24 heavy (non-hydrogen) atoms. The first kappa shape index (κ1) is 16.0. The maximum atomic E-state index is 12.9. The Morgan fingerprint density at radius 3 is 2.42 bits per heavy atom. The second-order valence-electron chi connectivity index (χ2n) is 5.39. The number of hydrogen-bond donors (Lipinski definition) is 0. The topological polar surface area (TPSA) is 37.6 Å². The lowest BCUT2D eigenvalue weighted by Gasteiger charge is -2.17. The van der Waals surface area contributed by atoms with E-state index in [0.29, 0.717) is 17.0 Å². The number of anilines is 1. The van der Waals surface area contributed by atoms with E-state index in [4.69, 9.17) is 0 Å². The number of carbonyl (C=O) groups is 1. The summed E-state index contributed by atoms with van der Waals surface area (Å²) in [4.78, 5) is 18.4. The van der Waals surface area contributed by atoms with Crippen molar-refractivity contribution in [1.82, 2.24) is 9.38 Å². The highest BCUT2D eigenvalue weighted by molar-refractivity contribution is 6.05. The number of benzene rings is 1. The molecule has 0 radical (unpaired) electrons. The van der Waals surface area contributed by atoms with Crippen LogP contribution in [-0.2, 0) is 6.18 Å². The highest BCUT2D eigenvalue weighted by atomic mass is 19.4. The van der Waals surface area contributed by atoms with Crippen molar-refractivity contribution in [2.24, 2.45) is 0 Å². The van der Waals surface area contributed by atoms with Crippen LogP contribution >= 0.6 is 0 Å². The third kappa shape index (κ3) is 2.73. The van der Waals surface area contributed by atoms with Crippen LogP contribution in [0.4, 0.5) is 18.9 Å². The third-order valence-electron chi connectivity index (χ3n) is 3.77. The summed E-state index contributed by atoms with van der Waals surface area (Å²) in [6.45, 7) is 1.60. The van der Waals surface area contributed by atoms with Crippen molar-refractivity contribution in [3.05, 3.63) is 65.6 Å². The number of aryl methyl sites for hydroxylation is 1. The summed E-state index contributed by atoms with van der Waals surface area (Å²) in [5, 5.41) is 0. The number of para-hydroxylation sites is 1. The number of nitrogens with zero attached hydrogens (tertiary/aromatic N) is 3. The molecular formula is C17H14F3N3O. The lowest BCUT2D eigenvalue weighted by molar-refractivity contribution is -0.137. The average molecular weight is 333 g/mol. The van der Waals surface area contributed by atoms with Crippen LogP contribution in [-0.4, -0.2) is 22.3 Å². The Morgan fingerprint density at radius 2 is 1.79 bits per heavy atom. The molecule has 0 unspecified atom stereocenters. The number of halogens is 3. The molecule has 0 spiro atoms. The maximum absolute atomic E-state index is 12.9. The quantitative estimate of drug-likeness (QED) is 0.712. The summed E-state index contributed by atoms with van der Waals surface area (Å²) in [7, 11) is 1.57. The Bertz CT molecular complexity index is 901. The maximum Gasteiger partial charge on any atom is 0.417 e. The van der Waals surface area contributed by atoms with Crippen molar-refractivity contribution in [2.45, 2.75) is 13.1 Å². The van der Waals surface area contributed by atoms with Gasteiger partial charge in [-0.2, -0.15) is 13.2 Å². The Hall–Kier alpha value is -2.83. The second kappa shape index (κ2) is 5.67. The summed E-state index contributed by atoms with van der Waals surface area (Å²) < 4.78 is 40.0. The van der Waals surface area contributed by atoms with Crippen molar-refractivity contribution in [1.29, 1.82) is 0 Å². The van der Waals surface area contributed by atoms with E-state index in [-0.39, 0.29) is 5.69 Å². The number of carbonyl (C=O) groups excluding carboxylic acids is 1. The van der Waals surface area contributed by atoms with E-state index in [1.165, 1.54) is 15.4 Å². The van der Waals surface area contributed by atoms with E-state index >= 15 is 0 Å². The molecule has 2 heterocycles. The zero-order valence-corrected chi connectivity index (χ0v) is 13.0. The SMILES string of the molecule is Cc1nc2ccc(C(F)(F)F)cn2c1C(=O)N(C)c1ccccc1. The molecule has 0 fully saturated rings. The number of rotatable bonds is 2. The van der Waals surface area contributed by atoms with E-state index < -0.39 is 17.6 Å². The van der Waals surface area contributed by atoms with Gasteiger partial charge in [0, 0.05) is 18.9 Å². The Balaban J connectivity index is 2.11. The van der Waals surface area contributed by atoms with Gasteiger partial charge in [-0.25, -0.2) is 4.98 Å². The number of amides is 1. The molecular weight excluding hydrogens is 319 g/mol. The predicted molar refractivity (Wildman–Crippen MR) is 84.1 cm³/mol. The normalized spacial score (nSPS) is 11.7. The number of aromatic nitrogens is 2. The van der Waals surface area contributed by atoms with Crippen LogP contribution in [0.3, 0.4) is 0 Å². The van der Waals surface area contributed by atoms with E-state index in [1.807, 2.05) is 6.07 Å². The largest absolute Gasteiger partial charge is 0.417 e. The van der Waals surface area contributed by atoms with Crippen molar-refractivity contribution in [3.8, 4) is 0 Å². The Labute approximate surface area is 136 Å². The summed E-state index contributed by atoms with van der Waals surface area (Å²) in [5.41, 5.74) is 0.600. The molecule has 4 nitrogen and oxygen atoms in total. The minimum absolute atomic E-state index is 0.113. The van der Waals surface area contributed by atoms with Crippen LogP contribution in [0.15, 0.2) is 48.7 Å². The van der Waals surface area contributed by atoms with Crippen LogP contribution in [0.25, 0.3) is 5.65 Å². The summed E-state index contributed by atoms with van der Waals surface area (Å²) in [6, 6.07) is 11.1. The second-order valence-corrected chi connectivity index (χ2v) is 5.39. The van der Waals surface area contributed by atoms with Gasteiger partial charge < -0.3 is 4.90 Å². The molecule has 0 aliphatic rings. The van der Waals surface area contributed by atoms with Gasteiger partial charge in [0.05, 0.1) is 11.3 Å². The van der Waals surface area contributed by atoms with E-state index in [1.54, 1.807) is 38.2 Å². The summed E-state index contributed by atoms with van der Waals surface area (Å²) in [5.74, 6) is -0.425. The molecule has 0 aliphatic carbocycles. The Morgan fingerprint density at radius 1 is 1.12 bits per heavy atom. The van der Waals surface area contributed by atoms with Gasteiger partial charge in [0.15, 0.2) is 0 Å². The third-order valence-corrected chi connectivity index (χ3v) is 3.77. The highest BCUT2D eigenvalue weighted by Crippen LogP contribution is 2.30. The van der Waals surface area contributed by atoms with Gasteiger partial charge in [-0.15, -0.1) is 0 Å². The van der Waals surface area contributed by atoms with E-state index in [9.17, 15) is 18.0 Å². The van der Waals surface area contributed by atoms with Crippen molar-refractivity contribution in [2.75, 3.05) is 11.9 Å². The molecule has 3 rings (SSSR count). The Kier molecular flexibility index (Phi) is 3.79. The van der Waals surface area contributed by atoms with Gasteiger partial charge in [-0.1, -0.05) is 18.2 Å². The lowest BCUT2D eigenvalue weighted by Crippen LogP contribution is -2.28. The monoisotopic (exact) mass is 333 g/mol. The fourth-order valence-electron chi connectivity index (χ4n) is 2.52. The molecule has 2 aromatic heterocycles. The van der Waals surface area contributed by atoms with Gasteiger partial charge in [0.25, 0.3) is 5.91 Å². The van der Waals surface area contributed by atoms with Gasteiger partial charge in [-0.05, 0) is 31.2 Å². The average Bonchev–Trinajstić information content (AvgIpc) is 2.88. The summed E-state index contributed by atoms with van der Waals surface area (Å²) >= 11 is 0. The minimum atomic E-state index is -4.49. The number of fused-ring (bicyclic) bond motifs is 1. The van der Waals surface area contributed by atoms with Gasteiger partial charge in [0.1, 0.15) is 11.3 Å². The lowest BCUT2D eigenvalue weighted by atomic mass is 10.2. The molecule has 3 aromatic rings. The first-order valence-corrected chi connectivity index (χ1v) is 7.18. The van der Waals surface area contributed by atoms with Crippen LogP contribution in [0.5, 0.6) is 0 Å². The summed E-state index contributed by atoms with van der Waals surface area (Å²) in [6.07, 6.45) is -3.58. The van der Waals surface area contributed by atoms with E-state index in [2.05, 4.69) is 4.98 Å². The zero-order valence-electron chi connectivity index (χ0n) is 13.0. The van der Waals surface area contributed by atoms with Crippen LogP contribution in [0.2, 0.25) is 0 Å². The number of hydrogen-bond acceptors (Lipinski definition) is 2. The smallest absolute Gasteiger partial charge is 0.310 e. The standard InChI is InChI=1S/C17H14F3N3O/c1-11-15(16(24)22(2)13-6-4-3-5-7-13)23-10-12(17(18,19)20)8-9-14(23)21-11/h3-10H,1-2H3. The molecule has 0 atom stereocenters. The number of imidazole rings is 1. The van der Waals surface area contributed by atoms with Gasteiger partial charge in [0.2, 0.25) is 0 Å². The number of alkyl halides is 3. The zero-order chi connectivity index (χ0) is 17.5. The van der Waals surface area contributed by atoms with Crippen LogP contribution in [0.1, 0.15) is 21.7 Å². The molecule has 0 bridgehead atoms. The van der Waals surface area contributed by atoms with Crippen molar-refractivity contribution < 1.29 is 18.0 Å². The minimum Gasteiger partial charge on any atom is -0.310 e. The highest BCUT2D eigenvalue weighted by Gasteiger charge is 2.32. The van der Waals surface area contributed by atoms with Gasteiger partial charge in [-0.3, -0.25) is 9.20 Å². The van der Waals surface area contributed by atoms with E-state index in [0.717, 1.165) is 12.3 Å². The molecule has 0 saturated carbocycles. The number of pyridine rings is 1. The molecule has 124 valence electrons. The fraction of sp³-hybridized carbons (Fsp3) is 0.176. The molecule has 0 aliphatic heterocycles. The first-order chi connectivity index (χ1) is 11.3. The molecule has 1 aromatic carbocycles. The van der Waals surface area contributed by atoms with Gasteiger partial charge >= 0.3 is 6.18 Å². The van der Waals surface area contributed by atoms with Crippen LogP contribution < -0.4 is 4.90 Å². The molecule has 1 amide bonds. The molecule has 0 saturated heterocycles. The van der Waals surface area contributed by atoms with Crippen LogP contribution in [0, 0.1) is 6.92 Å². The fourth-order valence-corrected chi connectivity index (χ4v) is 2.52. The van der Waals surface area contributed by atoms with Crippen molar-refractivity contribution >= 4 is 17.2 Å². The molecule has 7 heteroatoms. The first-order valence-electron chi connectivity index (χ1n) is 7.18. The molecule has 0 N–H and O–H groups in total. The van der Waals surface area contributed by atoms with Crippen molar-refractivity contribution in [3.63, 3.8) is 0 Å². The predicted octanol–water partition coefficient (Wildman–Crippen LogP) is 3.94.